The normalized spacial score (nSPS) is 11.8. The van der Waals surface area contributed by atoms with Gasteiger partial charge in [0.25, 0.3) is 0 Å². The first-order valence-corrected chi connectivity index (χ1v) is 8.19. The van der Waals surface area contributed by atoms with E-state index < -0.39 is 5.91 Å². The summed E-state index contributed by atoms with van der Waals surface area (Å²) in [6.45, 7) is 2.39. The zero-order valence-corrected chi connectivity index (χ0v) is 14.1. The fraction of sp³-hybridized carbons (Fsp3) is 0.235. The summed E-state index contributed by atoms with van der Waals surface area (Å²) in [6, 6.07) is 9.20. The van der Waals surface area contributed by atoms with Crippen molar-refractivity contribution in [3.8, 4) is 0 Å². The number of methoxy groups -OCH3 is 1. The van der Waals surface area contributed by atoms with Crippen LogP contribution in [0.5, 0.6) is 0 Å². The van der Waals surface area contributed by atoms with Gasteiger partial charge in [-0.15, -0.1) is 0 Å². The van der Waals surface area contributed by atoms with Crippen LogP contribution in [-0.2, 0) is 16.1 Å². The van der Waals surface area contributed by atoms with E-state index in [0.29, 0.717) is 11.3 Å². The molecule has 0 fully saturated rings. The molecule has 1 amide bonds. The lowest BCUT2D eigenvalue weighted by Crippen LogP contribution is -2.19. The largest absolute Gasteiger partial charge is 0.469 e. The number of ether oxygens (including phenoxy) is 1. The van der Waals surface area contributed by atoms with Gasteiger partial charge in [-0.1, -0.05) is 17.4 Å². The molecule has 1 aromatic carbocycles. The molecule has 0 aliphatic rings. The first-order chi connectivity index (χ1) is 11.6. The van der Waals surface area contributed by atoms with E-state index in [-0.39, 0.29) is 18.2 Å². The minimum absolute atomic E-state index is 0.183. The van der Waals surface area contributed by atoms with Crippen molar-refractivity contribution >= 4 is 33.4 Å². The van der Waals surface area contributed by atoms with Gasteiger partial charge in [-0.05, 0) is 36.8 Å². The summed E-state index contributed by atoms with van der Waals surface area (Å²) in [5.41, 5.74) is 2.05. The summed E-state index contributed by atoms with van der Waals surface area (Å²) in [5, 5.41) is 0. The number of rotatable bonds is 4. The van der Waals surface area contributed by atoms with E-state index in [4.69, 9.17) is 9.15 Å². The average Bonchev–Trinajstić information content (AvgIpc) is 3.20. The SMILES string of the molecule is COC(=O)CCn1c(=NC(=O)c2ccco2)sc2cc(C)ccc21. The van der Waals surface area contributed by atoms with Crippen LogP contribution in [0.25, 0.3) is 10.2 Å². The van der Waals surface area contributed by atoms with Gasteiger partial charge >= 0.3 is 11.9 Å². The monoisotopic (exact) mass is 344 g/mol. The van der Waals surface area contributed by atoms with Crippen LogP contribution < -0.4 is 4.80 Å². The Hall–Kier alpha value is -2.67. The van der Waals surface area contributed by atoms with Gasteiger partial charge in [0.2, 0.25) is 0 Å². The Kier molecular flexibility index (Phi) is 4.61. The van der Waals surface area contributed by atoms with Crippen LogP contribution in [0, 0.1) is 6.92 Å². The number of amides is 1. The van der Waals surface area contributed by atoms with Crippen LogP contribution in [0.1, 0.15) is 22.5 Å². The number of carbonyl (C=O) groups is 2. The molecule has 0 spiro atoms. The maximum Gasteiger partial charge on any atom is 0.315 e. The third kappa shape index (κ3) is 3.30. The number of fused-ring (bicyclic) bond motifs is 1. The third-order valence-corrected chi connectivity index (χ3v) is 4.58. The van der Waals surface area contributed by atoms with Gasteiger partial charge in [-0.3, -0.25) is 9.59 Å². The lowest BCUT2D eigenvalue weighted by atomic mass is 10.2. The smallest absolute Gasteiger partial charge is 0.315 e. The van der Waals surface area contributed by atoms with E-state index in [1.54, 1.807) is 12.1 Å². The van der Waals surface area contributed by atoms with Crippen molar-refractivity contribution in [3.05, 3.63) is 52.7 Å². The second-order valence-electron chi connectivity index (χ2n) is 5.23. The molecule has 7 heteroatoms. The van der Waals surface area contributed by atoms with E-state index in [1.807, 2.05) is 29.7 Å². The van der Waals surface area contributed by atoms with Gasteiger partial charge in [0.1, 0.15) is 0 Å². The maximum absolute atomic E-state index is 12.2. The molecule has 0 saturated carbocycles. The van der Waals surface area contributed by atoms with Gasteiger partial charge < -0.3 is 13.7 Å². The van der Waals surface area contributed by atoms with Gasteiger partial charge in [-0.2, -0.15) is 4.99 Å². The van der Waals surface area contributed by atoms with E-state index >= 15 is 0 Å². The number of hydrogen-bond donors (Lipinski definition) is 0. The molecule has 2 aromatic heterocycles. The topological polar surface area (TPSA) is 73.8 Å². The van der Waals surface area contributed by atoms with Crippen LogP contribution in [0.2, 0.25) is 0 Å². The van der Waals surface area contributed by atoms with Crippen LogP contribution in [0.15, 0.2) is 46.0 Å². The first kappa shape index (κ1) is 16.2. The van der Waals surface area contributed by atoms with Crippen LogP contribution in [0.3, 0.4) is 0 Å². The molecule has 2 heterocycles. The Labute approximate surface area is 142 Å². The lowest BCUT2D eigenvalue weighted by Gasteiger charge is -2.04. The molecule has 0 N–H and O–H groups in total. The van der Waals surface area contributed by atoms with Crippen LogP contribution >= 0.6 is 11.3 Å². The molecule has 0 atom stereocenters. The van der Waals surface area contributed by atoms with E-state index in [9.17, 15) is 9.59 Å². The summed E-state index contributed by atoms with van der Waals surface area (Å²) >= 11 is 1.40. The highest BCUT2D eigenvalue weighted by molar-refractivity contribution is 7.16. The summed E-state index contributed by atoms with van der Waals surface area (Å²) in [5.74, 6) is -0.574. The van der Waals surface area contributed by atoms with E-state index in [2.05, 4.69) is 4.99 Å². The minimum atomic E-state index is -0.449. The molecule has 0 aliphatic heterocycles. The zero-order chi connectivity index (χ0) is 17.1. The van der Waals surface area contributed by atoms with Crippen molar-refractivity contribution < 1.29 is 18.7 Å². The summed E-state index contributed by atoms with van der Waals surface area (Å²) < 4.78 is 12.7. The number of benzene rings is 1. The quantitative estimate of drug-likeness (QED) is 0.682. The molecule has 6 nitrogen and oxygen atoms in total. The predicted octanol–water partition coefficient (Wildman–Crippen LogP) is 2.91. The Morgan fingerprint density at radius 3 is 2.88 bits per heavy atom. The summed E-state index contributed by atoms with van der Waals surface area (Å²) in [4.78, 5) is 28.4. The molecule has 124 valence electrons. The fourth-order valence-electron chi connectivity index (χ4n) is 2.33. The number of nitrogens with zero attached hydrogens (tertiary/aromatic N) is 2. The number of carbonyl (C=O) groups excluding carboxylic acids is 2. The highest BCUT2D eigenvalue weighted by atomic mass is 32.1. The molecule has 0 saturated heterocycles. The number of aromatic nitrogens is 1. The second-order valence-corrected chi connectivity index (χ2v) is 6.24. The molecule has 0 radical (unpaired) electrons. The second kappa shape index (κ2) is 6.84. The highest BCUT2D eigenvalue weighted by Gasteiger charge is 2.12. The van der Waals surface area contributed by atoms with Crippen molar-refractivity contribution in [2.75, 3.05) is 7.11 Å². The molecule has 0 bridgehead atoms. The summed E-state index contributed by atoms with van der Waals surface area (Å²) in [7, 11) is 1.35. The van der Waals surface area contributed by atoms with Gasteiger partial charge in [0, 0.05) is 6.54 Å². The Balaban J connectivity index is 2.07. The van der Waals surface area contributed by atoms with Gasteiger partial charge in [-0.25, -0.2) is 0 Å². The Morgan fingerprint density at radius 2 is 2.17 bits per heavy atom. The molecule has 0 aliphatic carbocycles. The standard InChI is InChI=1S/C17H16N2O4S/c1-11-5-6-12-14(10-11)24-17(19(12)8-7-15(20)22-2)18-16(21)13-4-3-9-23-13/h3-6,9-10H,7-8H2,1-2H3. The Morgan fingerprint density at radius 1 is 1.33 bits per heavy atom. The number of esters is 1. The average molecular weight is 344 g/mol. The summed E-state index contributed by atoms with van der Waals surface area (Å²) in [6.07, 6.45) is 1.64. The lowest BCUT2D eigenvalue weighted by molar-refractivity contribution is -0.140. The number of thiazole rings is 1. The van der Waals surface area contributed by atoms with Crippen molar-refractivity contribution in [3.63, 3.8) is 0 Å². The van der Waals surface area contributed by atoms with Gasteiger partial charge in [0.15, 0.2) is 10.6 Å². The number of aryl methyl sites for hydroxylation is 2. The minimum Gasteiger partial charge on any atom is -0.469 e. The van der Waals surface area contributed by atoms with E-state index in [1.165, 1.54) is 24.7 Å². The predicted molar refractivity (Wildman–Crippen MR) is 89.8 cm³/mol. The maximum atomic E-state index is 12.2. The van der Waals surface area contributed by atoms with E-state index in [0.717, 1.165) is 15.8 Å². The van der Waals surface area contributed by atoms with Crippen molar-refractivity contribution in [2.24, 2.45) is 4.99 Å². The van der Waals surface area contributed by atoms with Crippen molar-refractivity contribution in [1.82, 2.24) is 4.57 Å². The molecule has 0 unspecified atom stereocenters. The van der Waals surface area contributed by atoms with Crippen molar-refractivity contribution in [1.29, 1.82) is 0 Å². The van der Waals surface area contributed by atoms with Crippen LogP contribution in [0.4, 0.5) is 0 Å². The fourth-order valence-corrected chi connectivity index (χ4v) is 3.48. The highest BCUT2D eigenvalue weighted by Crippen LogP contribution is 2.19. The first-order valence-electron chi connectivity index (χ1n) is 7.38. The molecular weight excluding hydrogens is 328 g/mol. The molecular formula is C17H16N2O4S. The van der Waals surface area contributed by atoms with Gasteiger partial charge in [0.05, 0.1) is 30.0 Å². The van der Waals surface area contributed by atoms with Crippen LogP contribution in [-0.4, -0.2) is 23.6 Å². The molecule has 3 aromatic rings. The zero-order valence-electron chi connectivity index (χ0n) is 13.3. The molecule has 3 rings (SSSR count). The number of furan rings is 1. The third-order valence-electron chi connectivity index (χ3n) is 3.53. The van der Waals surface area contributed by atoms with Crippen molar-refractivity contribution in [2.45, 2.75) is 19.9 Å². The number of hydrogen-bond acceptors (Lipinski definition) is 5. The molecule has 24 heavy (non-hydrogen) atoms. The Bertz CT molecular complexity index is 951.